The molecule has 0 aliphatic rings. The lowest BCUT2D eigenvalue weighted by atomic mass is 10.1. The van der Waals surface area contributed by atoms with Crippen LogP contribution in [0.4, 0.5) is 17.6 Å². The molecule has 0 fully saturated rings. The highest BCUT2D eigenvalue weighted by Gasteiger charge is 2.38. The van der Waals surface area contributed by atoms with Crippen molar-refractivity contribution in [3.05, 3.63) is 71.2 Å². The molecule has 154 valence electrons. The predicted octanol–water partition coefficient (Wildman–Crippen LogP) is 4.78. The summed E-state index contributed by atoms with van der Waals surface area (Å²) in [5.74, 6) is -0.384. The molecule has 0 saturated carbocycles. The number of benzene rings is 1. The van der Waals surface area contributed by atoms with Crippen LogP contribution >= 0.6 is 11.6 Å². The molecule has 0 aliphatic heterocycles. The van der Waals surface area contributed by atoms with E-state index in [0.29, 0.717) is 34.9 Å². The molecule has 11 heteroatoms. The molecule has 1 N–H and O–H groups in total. The van der Waals surface area contributed by atoms with E-state index in [-0.39, 0.29) is 17.1 Å². The van der Waals surface area contributed by atoms with Gasteiger partial charge in [0.2, 0.25) is 0 Å². The number of pyridine rings is 1. The van der Waals surface area contributed by atoms with Gasteiger partial charge in [-0.2, -0.15) is 28.6 Å². The Kier molecular flexibility index (Phi) is 5.25. The number of nitrogens with one attached hydrogen (secondary N) is 1. The lowest BCUT2D eigenvalue weighted by Gasteiger charge is -2.06. The molecule has 0 radical (unpaired) electrons. The van der Waals surface area contributed by atoms with Crippen LogP contribution in [0.2, 0.25) is 5.02 Å². The summed E-state index contributed by atoms with van der Waals surface area (Å²) >= 11 is 6.04. The Morgan fingerprint density at radius 2 is 1.90 bits per heavy atom. The zero-order valence-electron chi connectivity index (χ0n) is 15.2. The standard InChI is InChI=1S/C19H13ClF4N6/c20-13-2-1-3-14(21)12(13)5-7-30-9-16(26-10-30)15-8-11(4-6-25-15)17-18(19(22,23)24)28-29-27-17/h1-4,6,8-10H,5,7H2,(H,27,28,29). The second-order valence-corrected chi connectivity index (χ2v) is 6.80. The van der Waals surface area contributed by atoms with Crippen molar-refractivity contribution in [2.45, 2.75) is 19.1 Å². The molecule has 0 amide bonds. The number of aryl methyl sites for hydroxylation is 1. The highest BCUT2D eigenvalue weighted by Crippen LogP contribution is 2.34. The fourth-order valence-electron chi connectivity index (χ4n) is 2.97. The first-order valence-corrected chi connectivity index (χ1v) is 9.10. The van der Waals surface area contributed by atoms with Gasteiger partial charge in [-0.25, -0.2) is 9.37 Å². The maximum atomic E-state index is 13.9. The van der Waals surface area contributed by atoms with E-state index in [9.17, 15) is 17.6 Å². The third-order valence-corrected chi connectivity index (χ3v) is 4.78. The van der Waals surface area contributed by atoms with Gasteiger partial charge in [-0.05, 0) is 30.7 Å². The van der Waals surface area contributed by atoms with Gasteiger partial charge < -0.3 is 4.57 Å². The van der Waals surface area contributed by atoms with E-state index in [1.165, 1.54) is 36.8 Å². The van der Waals surface area contributed by atoms with E-state index >= 15 is 0 Å². The Balaban J connectivity index is 1.56. The van der Waals surface area contributed by atoms with Gasteiger partial charge >= 0.3 is 6.18 Å². The van der Waals surface area contributed by atoms with Crippen molar-refractivity contribution in [2.75, 3.05) is 0 Å². The number of aromatic nitrogens is 6. The van der Waals surface area contributed by atoms with Crippen LogP contribution in [0.1, 0.15) is 11.3 Å². The van der Waals surface area contributed by atoms with Crippen LogP contribution in [-0.4, -0.2) is 29.9 Å². The lowest BCUT2D eigenvalue weighted by Crippen LogP contribution is -2.07. The minimum atomic E-state index is -4.64. The third kappa shape index (κ3) is 4.04. The van der Waals surface area contributed by atoms with Gasteiger partial charge in [-0.1, -0.05) is 17.7 Å². The van der Waals surface area contributed by atoms with Gasteiger partial charge in [-0.3, -0.25) is 4.98 Å². The van der Waals surface area contributed by atoms with Crippen molar-refractivity contribution < 1.29 is 17.6 Å². The number of hydrogen-bond acceptors (Lipinski definition) is 4. The summed E-state index contributed by atoms with van der Waals surface area (Å²) in [6, 6.07) is 7.36. The van der Waals surface area contributed by atoms with Crippen molar-refractivity contribution in [2.24, 2.45) is 0 Å². The van der Waals surface area contributed by atoms with Gasteiger partial charge in [0.05, 0.1) is 12.0 Å². The third-order valence-electron chi connectivity index (χ3n) is 4.43. The Labute approximate surface area is 172 Å². The van der Waals surface area contributed by atoms with E-state index in [2.05, 4.69) is 20.2 Å². The summed E-state index contributed by atoms with van der Waals surface area (Å²) in [4.78, 5) is 8.42. The van der Waals surface area contributed by atoms with Gasteiger partial charge in [0.1, 0.15) is 17.2 Å². The summed E-state index contributed by atoms with van der Waals surface area (Å²) in [5.41, 5.74) is 0.000528. The smallest absolute Gasteiger partial charge is 0.336 e. The average molecular weight is 437 g/mol. The number of H-pyrrole nitrogens is 1. The first-order chi connectivity index (χ1) is 14.3. The highest BCUT2D eigenvalue weighted by atomic mass is 35.5. The molecule has 4 aromatic rings. The Hall–Kier alpha value is -3.27. The molecule has 0 bridgehead atoms. The maximum Gasteiger partial charge on any atom is 0.437 e. The molecule has 0 aliphatic carbocycles. The van der Waals surface area contributed by atoms with Gasteiger partial charge in [0.25, 0.3) is 0 Å². The van der Waals surface area contributed by atoms with E-state index < -0.39 is 11.9 Å². The van der Waals surface area contributed by atoms with E-state index in [4.69, 9.17) is 11.6 Å². The van der Waals surface area contributed by atoms with E-state index in [1.54, 1.807) is 16.8 Å². The molecule has 3 aromatic heterocycles. The number of rotatable bonds is 5. The van der Waals surface area contributed by atoms with Crippen molar-refractivity contribution in [1.82, 2.24) is 29.9 Å². The van der Waals surface area contributed by atoms with Gasteiger partial charge in [0.15, 0.2) is 5.69 Å². The molecule has 0 spiro atoms. The van der Waals surface area contributed by atoms with Crippen molar-refractivity contribution in [3.63, 3.8) is 0 Å². The second kappa shape index (κ2) is 7.86. The second-order valence-electron chi connectivity index (χ2n) is 6.40. The lowest BCUT2D eigenvalue weighted by molar-refractivity contribution is -0.140. The monoisotopic (exact) mass is 436 g/mol. The average Bonchev–Trinajstić information content (AvgIpc) is 3.37. The van der Waals surface area contributed by atoms with Crippen LogP contribution in [0.15, 0.2) is 49.1 Å². The van der Waals surface area contributed by atoms with E-state index in [0.717, 1.165) is 0 Å². The SMILES string of the molecule is Fc1cccc(Cl)c1CCn1cnc(-c2cc(-c3n[nH]nc3C(F)(F)F)ccn2)c1. The van der Waals surface area contributed by atoms with Crippen LogP contribution in [-0.2, 0) is 19.1 Å². The Morgan fingerprint density at radius 1 is 1.07 bits per heavy atom. The van der Waals surface area contributed by atoms with Crippen LogP contribution in [0.3, 0.4) is 0 Å². The normalized spacial score (nSPS) is 11.8. The minimum absolute atomic E-state index is 0.203. The Morgan fingerprint density at radius 3 is 2.67 bits per heavy atom. The molecule has 0 atom stereocenters. The topological polar surface area (TPSA) is 72.3 Å². The quantitative estimate of drug-likeness (QED) is 0.457. The number of imidazole rings is 1. The first kappa shape index (κ1) is 20.0. The van der Waals surface area contributed by atoms with Gasteiger partial charge in [-0.15, -0.1) is 0 Å². The summed E-state index contributed by atoms with van der Waals surface area (Å²) in [6.45, 7) is 0.412. The van der Waals surface area contributed by atoms with Crippen LogP contribution in [0.25, 0.3) is 22.6 Å². The van der Waals surface area contributed by atoms with Crippen LogP contribution in [0, 0.1) is 5.82 Å². The number of alkyl halides is 3. The van der Waals surface area contributed by atoms with Crippen LogP contribution in [0.5, 0.6) is 0 Å². The molecular formula is C19H13ClF4N6. The molecular weight excluding hydrogens is 424 g/mol. The molecule has 0 saturated heterocycles. The summed E-state index contributed by atoms with van der Waals surface area (Å²) in [7, 11) is 0. The first-order valence-electron chi connectivity index (χ1n) is 8.72. The molecule has 3 heterocycles. The van der Waals surface area contributed by atoms with Crippen molar-refractivity contribution in [3.8, 4) is 22.6 Å². The number of halogens is 5. The maximum absolute atomic E-state index is 13.9. The zero-order valence-corrected chi connectivity index (χ0v) is 15.9. The fourth-order valence-corrected chi connectivity index (χ4v) is 3.23. The van der Waals surface area contributed by atoms with E-state index in [1.807, 2.05) is 5.21 Å². The molecule has 0 unspecified atom stereocenters. The summed E-state index contributed by atoms with van der Waals surface area (Å²) < 4.78 is 54.9. The summed E-state index contributed by atoms with van der Waals surface area (Å²) in [6.07, 6.45) is 0.297. The number of aromatic amines is 1. The summed E-state index contributed by atoms with van der Waals surface area (Å²) in [5, 5.41) is 9.16. The van der Waals surface area contributed by atoms with Gasteiger partial charge in [0, 0.05) is 35.1 Å². The highest BCUT2D eigenvalue weighted by molar-refractivity contribution is 6.31. The minimum Gasteiger partial charge on any atom is -0.336 e. The van der Waals surface area contributed by atoms with Crippen LogP contribution < -0.4 is 0 Å². The fraction of sp³-hybridized carbons (Fsp3) is 0.158. The Bertz CT molecular complexity index is 1160. The molecule has 1 aromatic carbocycles. The van der Waals surface area contributed by atoms with Crippen molar-refractivity contribution >= 4 is 11.6 Å². The number of hydrogen-bond donors (Lipinski definition) is 1. The molecule has 6 nitrogen and oxygen atoms in total. The largest absolute Gasteiger partial charge is 0.437 e. The molecule has 30 heavy (non-hydrogen) atoms. The molecule has 4 rings (SSSR count). The van der Waals surface area contributed by atoms with Crippen molar-refractivity contribution in [1.29, 1.82) is 0 Å². The zero-order chi connectivity index (χ0) is 21.3. The predicted molar refractivity (Wildman–Crippen MR) is 101 cm³/mol. The number of nitrogens with zero attached hydrogens (tertiary/aromatic N) is 5.